The van der Waals surface area contributed by atoms with Crippen LogP contribution in [0, 0.1) is 13.8 Å². The van der Waals surface area contributed by atoms with Crippen LogP contribution in [0.25, 0.3) is 0 Å². The van der Waals surface area contributed by atoms with Gasteiger partial charge in [-0.05, 0) is 33.9 Å². The lowest BCUT2D eigenvalue weighted by molar-refractivity contribution is 0.161. The first-order valence-electron chi connectivity index (χ1n) is 7.35. The van der Waals surface area contributed by atoms with E-state index < -0.39 is 0 Å². The van der Waals surface area contributed by atoms with E-state index in [1.165, 1.54) is 6.42 Å². The molecule has 0 unspecified atom stereocenters. The Morgan fingerprint density at radius 1 is 1.43 bits per heavy atom. The van der Waals surface area contributed by atoms with Crippen LogP contribution in [0.3, 0.4) is 0 Å². The van der Waals surface area contributed by atoms with Crippen LogP contribution in [0.15, 0.2) is 16.0 Å². The zero-order chi connectivity index (χ0) is 14.8. The number of likely N-dealkylation sites (tertiary alicyclic amines) is 1. The molecule has 0 radical (unpaired) electrons. The quantitative estimate of drug-likeness (QED) is 0.849. The Morgan fingerprint density at radius 2 is 2.29 bits per heavy atom. The van der Waals surface area contributed by atoms with Crippen molar-refractivity contribution in [2.24, 2.45) is 0 Å². The van der Waals surface area contributed by atoms with Crippen LogP contribution in [-0.2, 0) is 13.1 Å². The highest BCUT2D eigenvalue weighted by atomic mass is 32.1. The summed E-state index contributed by atoms with van der Waals surface area (Å²) in [6.07, 6.45) is 2.99. The van der Waals surface area contributed by atoms with Gasteiger partial charge in [0, 0.05) is 24.5 Å². The van der Waals surface area contributed by atoms with Crippen molar-refractivity contribution < 1.29 is 4.42 Å². The molecule has 0 aliphatic carbocycles. The van der Waals surface area contributed by atoms with Crippen molar-refractivity contribution in [3.8, 4) is 0 Å². The Balaban J connectivity index is 1.73. The Hall–Kier alpha value is -1.24. The summed E-state index contributed by atoms with van der Waals surface area (Å²) >= 11 is 1.71. The fraction of sp³-hybridized carbons (Fsp3) is 0.600. The molecule has 0 N–H and O–H groups in total. The molecule has 0 aromatic carbocycles. The first-order chi connectivity index (χ1) is 10.1. The van der Waals surface area contributed by atoms with E-state index in [0.717, 1.165) is 48.5 Å². The van der Waals surface area contributed by atoms with E-state index in [2.05, 4.69) is 39.1 Å². The highest BCUT2D eigenvalue weighted by Gasteiger charge is 2.27. The lowest BCUT2D eigenvalue weighted by Crippen LogP contribution is -2.36. The predicted octanol–water partition coefficient (Wildman–Crippen LogP) is 2.45. The lowest BCUT2D eigenvalue weighted by atomic mass is 10.2. The molecular formula is C15H22N4OS. The van der Waals surface area contributed by atoms with Crippen LogP contribution in [-0.4, -0.2) is 45.9 Å². The zero-order valence-electron chi connectivity index (χ0n) is 12.9. The Morgan fingerprint density at radius 3 is 2.86 bits per heavy atom. The van der Waals surface area contributed by atoms with Gasteiger partial charge in [-0.1, -0.05) is 0 Å². The minimum absolute atomic E-state index is 0.546. The zero-order valence-corrected chi connectivity index (χ0v) is 13.7. The number of aromatic nitrogens is 2. The van der Waals surface area contributed by atoms with Gasteiger partial charge in [0.15, 0.2) is 0 Å². The predicted molar refractivity (Wildman–Crippen MR) is 83.2 cm³/mol. The van der Waals surface area contributed by atoms with Gasteiger partial charge in [-0.3, -0.25) is 4.90 Å². The largest absolute Gasteiger partial charge is 0.445 e. The van der Waals surface area contributed by atoms with Crippen molar-refractivity contribution in [3.63, 3.8) is 0 Å². The number of thiazole rings is 1. The molecule has 1 fully saturated rings. The van der Waals surface area contributed by atoms with Gasteiger partial charge < -0.3 is 9.32 Å². The molecular weight excluding hydrogens is 284 g/mol. The summed E-state index contributed by atoms with van der Waals surface area (Å²) in [6, 6.07) is 0.546. The van der Waals surface area contributed by atoms with Gasteiger partial charge in [-0.25, -0.2) is 9.97 Å². The topological polar surface area (TPSA) is 45.4 Å². The lowest BCUT2D eigenvalue weighted by Gasteiger charge is -2.26. The van der Waals surface area contributed by atoms with E-state index in [9.17, 15) is 0 Å². The van der Waals surface area contributed by atoms with Gasteiger partial charge in [0.25, 0.3) is 0 Å². The van der Waals surface area contributed by atoms with E-state index in [1.807, 2.05) is 6.92 Å². The van der Waals surface area contributed by atoms with Crippen LogP contribution in [0.5, 0.6) is 0 Å². The highest BCUT2D eigenvalue weighted by Crippen LogP contribution is 2.20. The number of hydrogen-bond donors (Lipinski definition) is 0. The third-order valence-electron chi connectivity index (χ3n) is 3.92. The van der Waals surface area contributed by atoms with Crippen LogP contribution >= 0.6 is 11.3 Å². The minimum Gasteiger partial charge on any atom is -0.445 e. The molecule has 1 aliphatic heterocycles. The molecule has 1 saturated heterocycles. The molecule has 2 aromatic heterocycles. The fourth-order valence-electron chi connectivity index (χ4n) is 2.86. The molecule has 1 aliphatic rings. The summed E-state index contributed by atoms with van der Waals surface area (Å²) in [5, 5.41) is 3.28. The SMILES string of the molecule is Cc1cnc(CN(Cc2csc(C)n2)[C@@H]2CCN(C)C2)o1. The van der Waals surface area contributed by atoms with E-state index in [0.29, 0.717) is 6.04 Å². The van der Waals surface area contributed by atoms with Crippen molar-refractivity contribution >= 4 is 11.3 Å². The Kier molecular flexibility index (Phi) is 4.37. The first-order valence-corrected chi connectivity index (χ1v) is 8.23. The molecule has 6 heteroatoms. The number of rotatable bonds is 5. The number of nitrogens with zero attached hydrogens (tertiary/aromatic N) is 4. The van der Waals surface area contributed by atoms with E-state index >= 15 is 0 Å². The summed E-state index contributed by atoms with van der Waals surface area (Å²) in [4.78, 5) is 13.8. The highest BCUT2D eigenvalue weighted by molar-refractivity contribution is 7.09. The molecule has 0 bridgehead atoms. The van der Waals surface area contributed by atoms with Gasteiger partial charge in [-0.2, -0.15) is 0 Å². The van der Waals surface area contributed by atoms with Gasteiger partial charge >= 0.3 is 0 Å². The maximum atomic E-state index is 5.66. The summed E-state index contributed by atoms with van der Waals surface area (Å²) in [5.74, 6) is 1.67. The van der Waals surface area contributed by atoms with Gasteiger partial charge in [0.2, 0.25) is 5.89 Å². The second-order valence-electron chi connectivity index (χ2n) is 5.83. The summed E-state index contributed by atoms with van der Waals surface area (Å²) in [7, 11) is 2.18. The number of likely N-dealkylation sites (N-methyl/N-ethyl adjacent to an activating group) is 1. The van der Waals surface area contributed by atoms with E-state index in [4.69, 9.17) is 4.42 Å². The van der Waals surface area contributed by atoms with Gasteiger partial charge in [-0.15, -0.1) is 11.3 Å². The molecule has 3 rings (SSSR count). The number of aryl methyl sites for hydroxylation is 2. The monoisotopic (exact) mass is 306 g/mol. The average Bonchev–Trinajstić information content (AvgIpc) is 3.12. The molecule has 3 heterocycles. The summed E-state index contributed by atoms with van der Waals surface area (Å²) in [5.41, 5.74) is 1.15. The molecule has 114 valence electrons. The molecule has 0 saturated carbocycles. The standard InChI is InChI=1S/C15H22N4OS/c1-11-6-16-15(20-11)9-19(14-4-5-18(3)8-14)7-13-10-21-12(2)17-13/h6,10,14H,4-5,7-9H2,1-3H3/t14-/m1/s1. The summed E-state index contributed by atoms with van der Waals surface area (Å²) < 4.78 is 5.66. The minimum atomic E-state index is 0.546. The second-order valence-corrected chi connectivity index (χ2v) is 6.89. The van der Waals surface area contributed by atoms with Gasteiger partial charge in [0.1, 0.15) is 5.76 Å². The van der Waals surface area contributed by atoms with E-state index in [-0.39, 0.29) is 0 Å². The van der Waals surface area contributed by atoms with Crippen LogP contribution < -0.4 is 0 Å². The summed E-state index contributed by atoms with van der Waals surface area (Å²) in [6.45, 7) is 7.87. The van der Waals surface area contributed by atoms with Crippen molar-refractivity contribution in [3.05, 3.63) is 33.9 Å². The number of oxazole rings is 1. The van der Waals surface area contributed by atoms with Crippen LogP contribution in [0.1, 0.15) is 28.8 Å². The van der Waals surface area contributed by atoms with E-state index in [1.54, 1.807) is 17.5 Å². The maximum absolute atomic E-state index is 5.66. The third kappa shape index (κ3) is 3.70. The molecule has 1 atom stereocenters. The first kappa shape index (κ1) is 14.7. The van der Waals surface area contributed by atoms with Crippen molar-refractivity contribution in [1.82, 2.24) is 19.8 Å². The Labute approximate surface area is 129 Å². The molecule has 2 aromatic rings. The Bertz CT molecular complexity index is 552. The normalized spacial score (nSPS) is 19.7. The molecule has 5 nitrogen and oxygen atoms in total. The van der Waals surface area contributed by atoms with Crippen molar-refractivity contribution in [2.45, 2.75) is 39.4 Å². The smallest absolute Gasteiger partial charge is 0.208 e. The van der Waals surface area contributed by atoms with Crippen molar-refractivity contribution in [1.29, 1.82) is 0 Å². The van der Waals surface area contributed by atoms with Crippen molar-refractivity contribution in [2.75, 3.05) is 20.1 Å². The van der Waals surface area contributed by atoms with Gasteiger partial charge in [0.05, 0.1) is 23.4 Å². The molecule has 21 heavy (non-hydrogen) atoms. The van der Waals surface area contributed by atoms with Crippen LogP contribution in [0.2, 0.25) is 0 Å². The molecule has 0 spiro atoms. The number of hydrogen-bond acceptors (Lipinski definition) is 6. The maximum Gasteiger partial charge on any atom is 0.208 e. The fourth-order valence-corrected chi connectivity index (χ4v) is 3.46. The average molecular weight is 306 g/mol. The second kappa shape index (κ2) is 6.25. The molecule has 0 amide bonds. The van der Waals surface area contributed by atoms with Crippen LogP contribution in [0.4, 0.5) is 0 Å². The third-order valence-corrected chi connectivity index (χ3v) is 4.74.